The molecule has 0 amide bonds. The van der Waals surface area contributed by atoms with E-state index in [1.807, 2.05) is 0 Å². The minimum atomic E-state index is -1.74. The van der Waals surface area contributed by atoms with Crippen LogP contribution in [-0.2, 0) is 9.59 Å². The van der Waals surface area contributed by atoms with Gasteiger partial charge in [0.2, 0.25) is 0 Å². The fourth-order valence-electron chi connectivity index (χ4n) is 0.149. The van der Waals surface area contributed by atoms with Gasteiger partial charge in [0, 0.05) is 0 Å². The monoisotopic (exact) mass is 288 g/mol. The molecule has 0 aromatic rings. The molecule has 0 rings (SSSR count). The molecule has 0 saturated carbocycles. The van der Waals surface area contributed by atoms with Crippen molar-refractivity contribution in [2.45, 2.75) is 12.2 Å². The first kappa shape index (κ1) is 26.6. The molecule has 0 spiro atoms. The third kappa shape index (κ3) is 18.4. The predicted octanol–water partition coefficient (Wildman–Crippen LogP) is -11.8. The van der Waals surface area contributed by atoms with Crippen LogP contribution >= 0.6 is 0 Å². The Morgan fingerprint density at radius 1 is 0.875 bits per heavy atom. The Balaban J connectivity index is -0.0000000800. The van der Waals surface area contributed by atoms with Crippen LogP contribution in [0.4, 0.5) is 0 Å². The predicted molar refractivity (Wildman–Crippen MR) is 36.2 cm³/mol. The molecule has 8 nitrogen and oxygen atoms in total. The minimum Gasteiger partial charge on any atom is -0.547 e. The molecule has 0 heterocycles. The van der Waals surface area contributed by atoms with Gasteiger partial charge in [0.15, 0.2) is 0 Å². The zero-order valence-corrected chi connectivity index (χ0v) is 15.2. The molecular formula is C6H10K2O8. The van der Waals surface area contributed by atoms with Crippen LogP contribution in [0.1, 0.15) is 0 Å². The smallest absolute Gasteiger partial charge is 0.547 e. The number of aliphatic hydroxyl groups is 4. The number of carboxylic acid groups (broad SMARTS) is 2. The Hall–Kier alpha value is 2.05. The van der Waals surface area contributed by atoms with Crippen molar-refractivity contribution in [1.29, 1.82) is 0 Å². The van der Waals surface area contributed by atoms with Gasteiger partial charge in [-0.2, -0.15) is 0 Å². The van der Waals surface area contributed by atoms with Crippen molar-refractivity contribution in [3.63, 3.8) is 0 Å². The van der Waals surface area contributed by atoms with Crippen LogP contribution in [0.15, 0.2) is 0 Å². The van der Waals surface area contributed by atoms with Gasteiger partial charge in [0.25, 0.3) is 0 Å². The summed E-state index contributed by atoms with van der Waals surface area (Å²) < 4.78 is 0. The number of hydrogen-bond donors (Lipinski definition) is 4. The summed E-state index contributed by atoms with van der Waals surface area (Å²) >= 11 is 0. The SMILES string of the molecule is O=C([O-])C(O)CO.O=C([O-])C(O)CO.[K+].[K+]. The van der Waals surface area contributed by atoms with E-state index in [0.717, 1.165) is 0 Å². The number of aliphatic hydroxyl groups excluding tert-OH is 4. The van der Waals surface area contributed by atoms with Crippen LogP contribution < -0.4 is 113 Å². The molecular weight excluding hydrogens is 278 g/mol. The Labute approximate surface area is 177 Å². The number of carbonyl (C=O) groups excluding carboxylic acids is 2. The quantitative estimate of drug-likeness (QED) is 0.371. The number of aliphatic carboxylic acids is 2. The van der Waals surface area contributed by atoms with Crippen molar-refractivity contribution < 1.29 is 143 Å². The van der Waals surface area contributed by atoms with Gasteiger partial charge < -0.3 is 40.2 Å². The fourth-order valence-corrected chi connectivity index (χ4v) is 0.149. The normalized spacial score (nSPS) is 11.8. The number of carboxylic acids is 2. The summed E-state index contributed by atoms with van der Waals surface area (Å²) in [6, 6.07) is 0. The Kier molecular flexibility index (Phi) is 28.3. The van der Waals surface area contributed by atoms with E-state index in [4.69, 9.17) is 20.4 Å². The van der Waals surface area contributed by atoms with E-state index < -0.39 is 37.4 Å². The van der Waals surface area contributed by atoms with Crippen LogP contribution in [0.2, 0.25) is 0 Å². The number of rotatable bonds is 4. The standard InChI is InChI=1S/2C3H6O4.2K/c2*4-1-2(5)3(6)7;;/h2*2,4-5H,1H2,(H,6,7);;/q;;2*+1/p-2. The molecule has 0 fully saturated rings. The zero-order chi connectivity index (χ0) is 11.7. The van der Waals surface area contributed by atoms with Gasteiger partial charge in [-0.25, -0.2) is 0 Å². The summed E-state index contributed by atoms with van der Waals surface area (Å²) in [5, 5.41) is 50.5. The van der Waals surface area contributed by atoms with E-state index in [-0.39, 0.29) is 103 Å². The maximum absolute atomic E-state index is 9.41. The van der Waals surface area contributed by atoms with Crippen LogP contribution in [0.3, 0.4) is 0 Å². The molecule has 84 valence electrons. The Morgan fingerprint density at radius 3 is 1.06 bits per heavy atom. The largest absolute Gasteiger partial charge is 1.00 e. The third-order valence-electron chi connectivity index (χ3n) is 0.890. The molecule has 2 atom stereocenters. The second-order valence-corrected chi connectivity index (χ2v) is 2.03. The molecule has 0 aromatic carbocycles. The van der Waals surface area contributed by atoms with Gasteiger partial charge in [-0.1, -0.05) is 0 Å². The molecule has 0 aliphatic carbocycles. The van der Waals surface area contributed by atoms with Gasteiger partial charge in [-0.05, 0) is 0 Å². The summed E-state index contributed by atoms with van der Waals surface area (Å²) in [5.74, 6) is -3.30. The van der Waals surface area contributed by atoms with Crippen LogP contribution in [0.5, 0.6) is 0 Å². The van der Waals surface area contributed by atoms with Gasteiger partial charge >= 0.3 is 103 Å². The molecule has 0 aliphatic heterocycles. The maximum atomic E-state index is 9.41. The van der Waals surface area contributed by atoms with Gasteiger partial charge in [0.05, 0.1) is 25.2 Å². The molecule has 10 heteroatoms. The summed E-state index contributed by atoms with van der Waals surface area (Å²) in [6.07, 6.45) is -3.47. The van der Waals surface area contributed by atoms with E-state index in [1.54, 1.807) is 0 Å². The topological polar surface area (TPSA) is 161 Å². The molecule has 0 aromatic heterocycles. The van der Waals surface area contributed by atoms with Crippen molar-refractivity contribution >= 4 is 11.9 Å². The molecule has 4 N–H and O–H groups in total. The van der Waals surface area contributed by atoms with Gasteiger partial charge in [0.1, 0.15) is 12.2 Å². The van der Waals surface area contributed by atoms with E-state index in [1.165, 1.54) is 0 Å². The Bertz CT molecular complexity index is 167. The van der Waals surface area contributed by atoms with Gasteiger partial charge in [-0.3, -0.25) is 0 Å². The van der Waals surface area contributed by atoms with Crippen LogP contribution in [0.25, 0.3) is 0 Å². The second kappa shape index (κ2) is 17.1. The molecule has 2 unspecified atom stereocenters. The first-order valence-corrected chi connectivity index (χ1v) is 3.36. The summed E-state index contributed by atoms with van der Waals surface area (Å²) in [5.41, 5.74) is 0. The molecule has 0 radical (unpaired) electrons. The van der Waals surface area contributed by atoms with Crippen molar-refractivity contribution in [1.82, 2.24) is 0 Å². The summed E-state index contributed by atoms with van der Waals surface area (Å²) in [6.45, 7) is -1.58. The number of hydrogen-bond acceptors (Lipinski definition) is 8. The van der Waals surface area contributed by atoms with Crippen molar-refractivity contribution in [2.75, 3.05) is 13.2 Å². The van der Waals surface area contributed by atoms with E-state index in [9.17, 15) is 19.8 Å². The maximum Gasteiger partial charge on any atom is 1.00 e. The average Bonchev–Trinajstić information content (AvgIpc) is 2.15. The van der Waals surface area contributed by atoms with Crippen LogP contribution in [0, 0.1) is 0 Å². The molecule has 0 aliphatic rings. The second-order valence-electron chi connectivity index (χ2n) is 2.03. The third-order valence-corrected chi connectivity index (χ3v) is 0.890. The molecule has 0 saturated heterocycles. The first-order valence-electron chi connectivity index (χ1n) is 3.36. The number of carbonyl (C=O) groups is 2. The Morgan fingerprint density at radius 2 is 1.06 bits per heavy atom. The van der Waals surface area contributed by atoms with Gasteiger partial charge in [-0.15, -0.1) is 0 Å². The summed E-state index contributed by atoms with van der Waals surface area (Å²) in [4.78, 5) is 18.8. The average molecular weight is 288 g/mol. The van der Waals surface area contributed by atoms with Crippen LogP contribution in [-0.4, -0.2) is 57.8 Å². The van der Waals surface area contributed by atoms with Crippen molar-refractivity contribution in [3.8, 4) is 0 Å². The zero-order valence-electron chi connectivity index (χ0n) is 8.99. The fraction of sp³-hybridized carbons (Fsp3) is 0.667. The van der Waals surface area contributed by atoms with E-state index >= 15 is 0 Å². The minimum absolute atomic E-state index is 0. The van der Waals surface area contributed by atoms with E-state index in [2.05, 4.69) is 0 Å². The first-order chi connectivity index (χ1) is 6.36. The van der Waals surface area contributed by atoms with Crippen molar-refractivity contribution in [3.05, 3.63) is 0 Å². The molecule has 16 heavy (non-hydrogen) atoms. The molecule has 0 bridgehead atoms. The summed E-state index contributed by atoms with van der Waals surface area (Å²) in [7, 11) is 0. The van der Waals surface area contributed by atoms with E-state index in [0.29, 0.717) is 0 Å². The van der Waals surface area contributed by atoms with Crippen molar-refractivity contribution in [2.24, 2.45) is 0 Å².